The third kappa shape index (κ3) is 3.90. The number of hydrogen-bond acceptors (Lipinski definition) is 6. The Bertz CT molecular complexity index is 830. The second-order valence-corrected chi connectivity index (χ2v) is 7.67. The molecule has 0 saturated carbocycles. The predicted octanol–water partition coefficient (Wildman–Crippen LogP) is 2.65. The molecule has 1 amide bonds. The zero-order valence-electron chi connectivity index (χ0n) is 15.3. The lowest BCUT2D eigenvalue weighted by molar-refractivity contribution is -0.135. The van der Waals surface area contributed by atoms with E-state index >= 15 is 0 Å². The van der Waals surface area contributed by atoms with Crippen LogP contribution in [0.5, 0.6) is 0 Å². The van der Waals surface area contributed by atoms with Crippen LogP contribution >= 0.6 is 11.8 Å². The fraction of sp³-hybridized carbons (Fsp3) is 0.611. The molecule has 2 aromatic rings. The van der Waals surface area contributed by atoms with Crippen LogP contribution in [0.15, 0.2) is 22.5 Å². The molecule has 8 heteroatoms. The number of fused-ring (bicyclic) bond motifs is 1. The van der Waals surface area contributed by atoms with E-state index in [4.69, 9.17) is 0 Å². The molecular formula is C18H25N5O2S. The van der Waals surface area contributed by atoms with E-state index in [-0.39, 0.29) is 11.5 Å². The molecule has 7 nitrogen and oxygen atoms in total. The molecule has 1 aliphatic rings. The lowest BCUT2D eigenvalue weighted by Gasteiger charge is -2.26. The zero-order valence-corrected chi connectivity index (χ0v) is 16.2. The Kier molecular flexibility index (Phi) is 6.24. The van der Waals surface area contributed by atoms with Gasteiger partial charge in [-0.3, -0.25) is 14.2 Å². The summed E-state index contributed by atoms with van der Waals surface area (Å²) < 4.78 is 1.45. The Balaban J connectivity index is 1.94. The summed E-state index contributed by atoms with van der Waals surface area (Å²) in [5.41, 5.74) is 0.132. The summed E-state index contributed by atoms with van der Waals surface area (Å²) in [6.07, 6.45) is 7.91. The van der Waals surface area contributed by atoms with E-state index in [9.17, 15) is 9.59 Å². The van der Waals surface area contributed by atoms with Crippen molar-refractivity contribution in [2.24, 2.45) is 0 Å². The van der Waals surface area contributed by atoms with Gasteiger partial charge in [0.1, 0.15) is 17.8 Å². The maximum absolute atomic E-state index is 13.0. The van der Waals surface area contributed by atoms with Gasteiger partial charge < -0.3 is 4.90 Å². The lowest BCUT2D eigenvalue weighted by Crippen LogP contribution is -2.40. The van der Waals surface area contributed by atoms with E-state index in [1.54, 1.807) is 0 Å². The summed E-state index contributed by atoms with van der Waals surface area (Å²) in [4.78, 5) is 40.7. The predicted molar refractivity (Wildman–Crippen MR) is 102 cm³/mol. The Morgan fingerprint density at radius 3 is 2.58 bits per heavy atom. The van der Waals surface area contributed by atoms with Crippen molar-refractivity contribution in [2.75, 3.05) is 18.8 Å². The van der Waals surface area contributed by atoms with Gasteiger partial charge in [-0.15, -0.1) is 0 Å². The van der Waals surface area contributed by atoms with Crippen LogP contribution in [0.2, 0.25) is 0 Å². The first-order chi connectivity index (χ1) is 12.7. The minimum Gasteiger partial charge on any atom is -0.341 e. The highest BCUT2D eigenvalue weighted by molar-refractivity contribution is 7.99. The maximum Gasteiger partial charge on any atom is 0.265 e. The third-order valence-electron chi connectivity index (χ3n) is 4.71. The highest BCUT2D eigenvalue weighted by atomic mass is 32.2. The molecule has 2 aromatic heterocycles. The Hall–Kier alpha value is -1.96. The normalized spacial score (nSPS) is 16.5. The number of likely N-dealkylation sites (tertiary alicyclic amines) is 1. The topological polar surface area (TPSA) is 81.0 Å². The van der Waals surface area contributed by atoms with Crippen LogP contribution in [0.25, 0.3) is 11.0 Å². The number of rotatable bonds is 5. The molecule has 1 fully saturated rings. The van der Waals surface area contributed by atoms with E-state index < -0.39 is 6.04 Å². The summed E-state index contributed by atoms with van der Waals surface area (Å²) in [5, 5.41) is 0.965. The van der Waals surface area contributed by atoms with Crippen molar-refractivity contribution in [1.29, 1.82) is 0 Å². The monoisotopic (exact) mass is 375 g/mol. The molecule has 0 N–H and O–H groups in total. The highest BCUT2D eigenvalue weighted by Crippen LogP contribution is 2.19. The van der Waals surface area contributed by atoms with Gasteiger partial charge in [-0.2, -0.15) is 0 Å². The maximum atomic E-state index is 13.0. The van der Waals surface area contributed by atoms with Gasteiger partial charge in [-0.05, 0) is 25.0 Å². The molecule has 0 spiro atoms. The van der Waals surface area contributed by atoms with Gasteiger partial charge in [0, 0.05) is 19.3 Å². The molecule has 26 heavy (non-hydrogen) atoms. The van der Waals surface area contributed by atoms with Crippen molar-refractivity contribution in [3.63, 3.8) is 0 Å². The van der Waals surface area contributed by atoms with Crippen molar-refractivity contribution < 1.29 is 4.79 Å². The van der Waals surface area contributed by atoms with Crippen LogP contribution < -0.4 is 5.56 Å². The largest absolute Gasteiger partial charge is 0.341 e. The van der Waals surface area contributed by atoms with Crippen LogP contribution in [-0.4, -0.2) is 49.2 Å². The number of nitrogens with zero attached hydrogens (tertiary/aromatic N) is 5. The van der Waals surface area contributed by atoms with Gasteiger partial charge >= 0.3 is 0 Å². The van der Waals surface area contributed by atoms with E-state index in [2.05, 4.69) is 15.0 Å². The first-order valence-electron chi connectivity index (χ1n) is 9.31. The van der Waals surface area contributed by atoms with Crippen LogP contribution in [0.1, 0.15) is 52.0 Å². The summed E-state index contributed by atoms with van der Waals surface area (Å²) in [7, 11) is 0. The second-order valence-electron chi connectivity index (χ2n) is 6.44. The van der Waals surface area contributed by atoms with E-state index in [1.165, 1.54) is 28.9 Å². The lowest BCUT2D eigenvalue weighted by atomic mass is 10.1. The molecule has 1 aliphatic heterocycles. The molecule has 1 unspecified atom stereocenters. The van der Waals surface area contributed by atoms with Crippen molar-refractivity contribution in [3.05, 3.63) is 22.9 Å². The van der Waals surface area contributed by atoms with Crippen molar-refractivity contribution in [2.45, 2.75) is 57.1 Å². The number of hydrogen-bond donors (Lipinski definition) is 0. The van der Waals surface area contributed by atoms with Crippen LogP contribution in [-0.2, 0) is 4.79 Å². The standard InChI is InChI=1S/C18H25N5O2S/c1-3-14(17(25)22-9-7-5-6-8-10-22)23-12-20-15-13(16(23)24)11-19-18(21-15)26-4-2/h11-12,14H,3-10H2,1-2H3. The number of aromatic nitrogens is 4. The second kappa shape index (κ2) is 8.62. The Labute approximate surface area is 157 Å². The fourth-order valence-corrected chi connectivity index (χ4v) is 3.86. The molecule has 140 valence electrons. The quantitative estimate of drug-likeness (QED) is 0.590. The molecule has 1 atom stereocenters. The third-order valence-corrected chi connectivity index (χ3v) is 5.46. The summed E-state index contributed by atoms with van der Waals surface area (Å²) >= 11 is 1.50. The molecule has 0 aliphatic carbocycles. The molecule has 0 radical (unpaired) electrons. The summed E-state index contributed by atoms with van der Waals surface area (Å²) in [5.74, 6) is 0.863. The van der Waals surface area contributed by atoms with E-state index in [1.807, 2.05) is 18.7 Å². The average molecular weight is 375 g/mol. The molecular weight excluding hydrogens is 350 g/mol. The summed E-state index contributed by atoms with van der Waals surface area (Å²) in [6.45, 7) is 5.48. The number of carbonyl (C=O) groups is 1. The summed E-state index contributed by atoms with van der Waals surface area (Å²) in [6, 6.07) is -0.526. The van der Waals surface area contributed by atoms with Gasteiger partial charge in [-0.25, -0.2) is 15.0 Å². The Morgan fingerprint density at radius 1 is 1.19 bits per heavy atom. The molecule has 0 aromatic carbocycles. The fourth-order valence-electron chi connectivity index (χ4n) is 3.33. The van der Waals surface area contributed by atoms with Crippen molar-refractivity contribution in [3.8, 4) is 0 Å². The van der Waals surface area contributed by atoms with E-state index in [0.29, 0.717) is 22.6 Å². The SMILES string of the molecule is CCSc1ncc2c(=O)n(C(CC)C(=O)N3CCCCCC3)cnc2n1. The number of carbonyl (C=O) groups excluding carboxylic acids is 1. The Morgan fingerprint density at radius 2 is 1.92 bits per heavy atom. The van der Waals surface area contributed by atoms with Gasteiger partial charge in [0.05, 0.1) is 0 Å². The molecule has 3 heterocycles. The first-order valence-corrected chi connectivity index (χ1v) is 10.3. The van der Waals surface area contributed by atoms with Gasteiger partial charge in [0.25, 0.3) is 5.56 Å². The minimum absolute atomic E-state index is 0.0109. The molecule has 1 saturated heterocycles. The average Bonchev–Trinajstić information content (AvgIpc) is 2.94. The van der Waals surface area contributed by atoms with Crippen molar-refractivity contribution >= 4 is 28.7 Å². The van der Waals surface area contributed by atoms with Crippen LogP contribution in [0, 0.1) is 0 Å². The highest BCUT2D eigenvalue weighted by Gasteiger charge is 2.26. The van der Waals surface area contributed by atoms with Gasteiger partial charge in [0.15, 0.2) is 10.8 Å². The number of thioether (sulfide) groups is 1. The minimum atomic E-state index is -0.526. The van der Waals surface area contributed by atoms with Crippen LogP contribution in [0.4, 0.5) is 0 Å². The number of amides is 1. The first kappa shape index (κ1) is 18.8. The zero-order chi connectivity index (χ0) is 18.5. The smallest absolute Gasteiger partial charge is 0.265 e. The van der Waals surface area contributed by atoms with Gasteiger partial charge in [-0.1, -0.05) is 38.5 Å². The molecule has 0 bridgehead atoms. The van der Waals surface area contributed by atoms with Gasteiger partial charge in [0.2, 0.25) is 5.91 Å². The van der Waals surface area contributed by atoms with E-state index in [0.717, 1.165) is 44.5 Å². The van der Waals surface area contributed by atoms with Crippen molar-refractivity contribution in [1.82, 2.24) is 24.4 Å². The van der Waals surface area contributed by atoms with Crippen LogP contribution in [0.3, 0.4) is 0 Å². The molecule has 3 rings (SSSR count).